The van der Waals surface area contributed by atoms with Crippen molar-refractivity contribution >= 4 is 91.0 Å². The van der Waals surface area contributed by atoms with Gasteiger partial charge in [-0.25, -0.2) is 0 Å². The Balaban J connectivity index is 1.16. The number of hydrogen-bond acceptors (Lipinski definition) is 8. The monoisotopic (exact) mass is 986 g/mol. The third-order valence-electron chi connectivity index (χ3n) is 15.7. The molecule has 0 spiro atoms. The summed E-state index contributed by atoms with van der Waals surface area (Å²) >= 11 is 0. The molecule has 6 aliphatic heterocycles. The van der Waals surface area contributed by atoms with Crippen molar-refractivity contribution in [3.8, 4) is 46.0 Å². The first-order chi connectivity index (χ1) is 34.0. The molecule has 0 saturated carbocycles. The number of nitrogens with zero attached hydrogens (tertiary/aromatic N) is 2. The van der Waals surface area contributed by atoms with E-state index in [1.165, 1.54) is 11.1 Å². The quantitative estimate of drug-likeness (QED) is 0.159. The maximum absolute atomic E-state index is 17.3. The zero-order valence-corrected chi connectivity index (χ0v) is 44.6. The van der Waals surface area contributed by atoms with Gasteiger partial charge in [0.05, 0.1) is 44.0 Å². The van der Waals surface area contributed by atoms with Gasteiger partial charge in [-0.05, 0) is 129 Å². The molecule has 0 saturated heterocycles. The van der Waals surface area contributed by atoms with Crippen LogP contribution in [0.25, 0.3) is 10.8 Å². The smallest absolute Gasteiger partial charge is 0.189 e. The second-order valence-corrected chi connectivity index (χ2v) is 29.6. The molecule has 72 heavy (non-hydrogen) atoms. The van der Waals surface area contributed by atoms with Crippen LogP contribution in [0.1, 0.15) is 105 Å². The highest BCUT2D eigenvalue weighted by atomic mass is 31.2. The van der Waals surface area contributed by atoms with E-state index in [2.05, 4.69) is 178 Å². The lowest BCUT2D eigenvalue weighted by molar-refractivity contribution is 0.454. The highest BCUT2D eigenvalue weighted by molar-refractivity contribution is 7.87. The lowest BCUT2D eigenvalue weighted by Crippen LogP contribution is -2.44. The van der Waals surface area contributed by atoms with Crippen LogP contribution in [0, 0.1) is 0 Å². The van der Waals surface area contributed by atoms with Crippen molar-refractivity contribution in [2.75, 3.05) is 9.80 Å². The van der Waals surface area contributed by atoms with Gasteiger partial charge < -0.3 is 37.9 Å². The Hall–Kier alpha value is -6.72. The fourth-order valence-corrected chi connectivity index (χ4v) is 18.7. The van der Waals surface area contributed by atoms with Crippen molar-refractivity contribution < 1.29 is 28.1 Å². The summed E-state index contributed by atoms with van der Waals surface area (Å²) in [4.78, 5) is 4.49. The molecule has 0 radical (unpaired) electrons. The molecule has 360 valence electrons. The van der Waals surface area contributed by atoms with E-state index >= 15 is 9.13 Å². The molecule has 8 aromatic rings. The number of anilines is 6. The number of benzene rings is 8. The summed E-state index contributed by atoms with van der Waals surface area (Å²) in [5.74, 6) is 4.24. The molecular formula is C62H56N2O6P2. The normalized spacial score (nSPS) is 19.2. The SMILES string of the molecule is CC(C)(C)c1ccc(N2c3cccc4c3P3(=O)c5c(cc(C(C)(C)C)cc5Oc5cc6c7c8c(cc6c2c53)Oc2cc(C(C)(C)C)cc3c2P8(=O)c2c(cccc2N7c2ccc(C(C)(C)C)cc2)O3)O4)cc1. The molecule has 10 heteroatoms. The molecule has 6 aliphatic rings. The summed E-state index contributed by atoms with van der Waals surface area (Å²) in [7, 11) is -7.52. The molecule has 0 N–H and O–H groups in total. The highest BCUT2D eigenvalue weighted by Gasteiger charge is 2.57. The number of hydrogen-bond donors (Lipinski definition) is 0. The maximum Gasteiger partial charge on any atom is 0.189 e. The third-order valence-corrected chi connectivity index (χ3v) is 22.1. The minimum absolute atomic E-state index is 0.0946. The van der Waals surface area contributed by atoms with E-state index in [0.717, 1.165) is 56.0 Å². The lowest BCUT2D eigenvalue weighted by atomic mass is 9.86. The van der Waals surface area contributed by atoms with Gasteiger partial charge in [-0.2, -0.15) is 0 Å². The van der Waals surface area contributed by atoms with Crippen LogP contribution in [0.4, 0.5) is 34.1 Å². The van der Waals surface area contributed by atoms with Crippen LogP contribution in [0.2, 0.25) is 0 Å². The van der Waals surface area contributed by atoms with Crippen molar-refractivity contribution in [3.63, 3.8) is 0 Å². The molecule has 2 unspecified atom stereocenters. The summed E-state index contributed by atoms with van der Waals surface area (Å²) < 4.78 is 63.0. The minimum atomic E-state index is -3.76. The van der Waals surface area contributed by atoms with E-state index in [1.807, 2.05) is 36.4 Å². The first-order valence-electron chi connectivity index (χ1n) is 25.0. The van der Waals surface area contributed by atoms with Crippen LogP contribution in [0.3, 0.4) is 0 Å². The summed E-state index contributed by atoms with van der Waals surface area (Å²) in [5, 5.41) is 5.23. The summed E-state index contributed by atoms with van der Waals surface area (Å²) in [6.07, 6.45) is 0. The lowest BCUT2D eigenvalue weighted by Gasteiger charge is -2.46. The van der Waals surface area contributed by atoms with E-state index in [1.54, 1.807) is 0 Å². The topological polar surface area (TPSA) is 77.5 Å². The maximum atomic E-state index is 17.3. The number of ether oxygens (including phenoxy) is 4. The van der Waals surface area contributed by atoms with E-state index in [9.17, 15) is 0 Å². The predicted molar refractivity (Wildman–Crippen MR) is 294 cm³/mol. The summed E-state index contributed by atoms with van der Waals surface area (Å²) in [5.41, 5.74) is 8.40. The molecule has 0 aliphatic carbocycles. The van der Waals surface area contributed by atoms with Gasteiger partial charge in [-0.1, -0.05) is 119 Å². The second-order valence-electron chi connectivity index (χ2n) is 24.5. The van der Waals surface area contributed by atoms with E-state index in [-0.39, 0.29) is 21.7 Å². The van der Waals surface area contributed by atoms with Crippen LogP contribution in [0.5, 0.6) is 46.0 Å². The van der Waals surface area contributed by atoms with Gasteiger partial charge in [0.15, 0.2) is 14.3 Å². The highest BCUT2D eigenvalue weighted by Crippen LogP contribution is 2.70. The molecule has 2 atom stereocenters. The van der Waals surface area contributed by atoms with E-state index in [4.69, 9.17) is 18.9 Å². The molecule has 0 aromatic heterocycles. The predicted octanol–water partition coefficient (Wildman–Crippen LogP) is 15.3. The molecule has 0 amide bonds. The van der Waals surface area contributed by atoms with Crippen LogP contribution in [-0.2, 0) is 30.8 Å². The van der Waals surface area contributed by atoms with Crippen molar-refractivity contribution in [2.45, 2.75) is 105 Å². The molecule has 8 aromatic carbocycles. The van der Waals surface area contributed by atoms with Crippen molar-refractivity contribution in [1.82, 2.24) is 0 Å². The molecule has 14 rings (SSSR count). The van der Waals surface area contributed by atoms with Gasteiger partial charge >= 0.3 is 0 Å². The average Bonchev–Trinajstić information content (AvgIpc) is 3.30. The standard InChI is InChI=1S/C62H56N2O6P2/c1-59(2,3)33-19-23-37(24-20-33)63-41-15-13-17-43-53(41)71(65)55-45(67-43)27-35(61(7,8)9)29-47(55)69-49-32-40-39(51(63)57(49)71)31-50-58-52(40)64(38-25-21-34(22-26-38)60(4,5)6)42-16-14-18-44-54(42)72(58,66)56-46(68-44)28-36(62(10,11)12)30-48(56)70-50/h13-32H,1-12H3. The average molecular weight is 987 g/mol. The Morgan fingerprint density at radius 3 is 0.958 bits per heavy atom. The van der Waals surface area contributed by atoms with Crippen molar-refractivity contribution in [1.29, 1.82) is 0 Å². The van der Waals surface area contributed by atoms with Crippen LogP contribution < -0.4 is 60.6 Å². The van der Waals surface area contributed by atoms with Crippen LogP contribution in [0.15, 0.2) is 121 Å². The molecule has 0 bridgehead atoms. The summed E-state index contributed by atoms with van der Waals surface area (Å²) in [6.45, 7) is 26.3. The van der Waals surface area contributed by atoms with Gasteiger partial charge in [0.1, 0.15) is 56.6 Å². The van der Waals surface area contributed by atoms with E-state index in [0.29, 0.717) is 77.8 Å². The van der Waals surface area contributed by atoms with Gasteiger partial charge in [0, 0.05) is 22.1 Å². The third kappa shape index (κ3) is 5.60. The fourth-order valence-electron chi connectivity index (χ4n) is 11.9. The zero-order chi connectivity index (χ0) is 50.1. The Morgan fingerprint density at radius 2 is 0.639 bits per heavy atom. The van der Waals surface area contributed by atoms with Crippen LogP contribution >= 0.6 is 14.3 Å². The number of rotatable bonds is 2. The van der Waals surface area contributed by atoms with Crippen molar-refractivity contribution in [3.05, 3.63) is 144 Å². The summed E-state index contributed by atoms with van der Waals surface area (Å²) in [6, 6.07) is 41.8. The molecule has 0 fully saturated rings. The van der Waals surface area contributed by atoms with Gasteiger partial charge in [0.25, 0.3) is 0 Å². The number of fused-ring (bicyclic) bond motifs is 3. The van der Waals surface area contributed by atoms with Gasteiger partial charge in [-0.3, -0.25) is 0 Å². The first kappa shape index (κ1) is 44.0. The van der Waals surface area contributed by atoms with Crippen LogP contribution in [-0.4, -0.2) is 0 Å². The fraction of sp³-hybridized carbons (Fsp3) is 0.258. The largest absolute Gasteiger partial charge is 0.456 e. The molecule has 6 heterocycles. The molecule has 8 nitrogen and oxygen atoms in total. The second kappa shape index (κ2) is 13.7. The minimum Gasteiger partial charge on any atom is -0.456 e. The first-order valence-corrected chi connectivity index (χ1v) is 28.4. The Labute approximate surface area is 421 Å². The Kier molecular flexibility index (Phi) is 8.35. The van der Waals surface area contributed by atoms with Gasteiger partial charge in [-0.15, -0.1) is 0 Å². The van der Waals surface area contributed by atoms with E-state index < -0.39 is 14.3 Å². The van der Waals surface area contributed by atoms with Gasteiger partial charge in [0.2, 0.25) is 0 Å². The Bertz CT molecular complexity index is 3660. The molecular weight excluding hydrogens is 931 g/mol. The van der Waals surface area contributed by atoms with Crippen molar-refractivity contribution in [2.24, 2.45) is 0 Å². The Morgan fingerprint density at radius 1 is 0.333 bits per heavy atom. The zero-order valence-electron chi connectivity index (χ0n) is 42.8.